The van der Waals surface area contributed by atoms with E-state index >= 15 is 0 Å². The predicted molar refractivity (Wildman–Crippen MR) is 118 cm³/mol. The van der Waals surface area contributed by atoms with Crippen LogP contribution in [0.15, 0.2) is 41.3 Å². The van der Waals surface area contributed by atoms with Crippen molar-refractivity contribution < 1.29 is 22.7 Å². The summed E-state index contributed by atoms with van der Waals surface area (Å²) in [6, 6.07) is 10.6. The molecule has 1 N–H and O–H groups in total. The minimum Gasteiger partial charge on any atom is -0.493 e. The lowest BCUT2D eigenvalue weighted by Gasteiger charge is -2.22. The van der Waals surface area contributed by atoms with Crippen LogP contribution in [-0.2, 0) is 27.7 Å². The lowest BCUT2D eigenvalue weighted by atomic mass is 10.1. The standard InChI is InChI=1S/C23H28N2O5S/c1-15-12-18-14-19(7-8-20(18)25(15)23(26)17-5-6-17)31(27,28)24-11-10-16-4-9-21(29-2)22(13-16)30-3/h4,7-9,13-15,17,24H,5-6,10-12H2,1-3H3. The summed E-state index contributed by atoms with van der Waals surface area (Å²) >= 11 is 0. The third-order valence-corrected chi connectivity index (χ3v) is 7.35. The molecule has 1 atom stereocenters. The Labute approximate surface area is 183 Å². The van der Waals surface area contributed by atoms with Gasteiger partial charge in [0.05, 0.1) is 19.1 Å². The number of amides is 1. The molecule has 1 aliphatic carbocycles. The molecule has 0 spiro atoms. The first-order chi connectivity index (χ1) is 14.8. The van der Waals surface area contributed by atoms with Crippen LogP contribution in [0.4, 0.5) is 5.69 Å². The van der Waals surface area contributed by atoms with Crippen molar-refractivity contribution in [1.29, 1.82) is 0 Å². The van der Waals surface area contributed by atoms with Crippen molar-refractivity contribution in [3.63, 3.8) is 0 Å². The summed E-state index contributed by atoms with van der Waals surface area (Å²) in [7, 11) is -0.508. The molecule has 7 nitrogen and oxygen atoms in total. The number of carbonyl (C=O) groups is 1. The molecular formula is C23H28N2O5S. The van der Waals surface area contributed by atoms with Crippen molar-refractivity contribution in [2.75, 3.05) is 25.7 Å². The molecule has 0 saturated heterocycles. The summed E-state index contributed by atoms with van der Waals surface area (Å²) in [5, 5.41) is 0. The van der Waals surface area contributed by atoms with E-state index in [-0.39, 0.29) is 29.3 Å². The van der Waals surface area contributed by atoms with E-state index in [0.29, 0.717) is 24.3 Å². The minimum absolute atomic E-state index is 0.0547. The zero-order valence-electron chi connectivity index (χ0n) is 18.1. The van der Waals surface area contributed by atoms with Crippen molar-refractivity contribution >= 4 is 21.6 Å². The lowest BCUT2D eigenvalue weighted by Crippen LogP contribution is -2.36. The van der Waals surface area contributed by atoms with Gasteiger partial charge >= 0.3 is 0 Å². The van der Waals surface area contributed by atoms with Crippen LogP contribution in [0.25, 0.3) is 0 Å². The minimum atomic E-state index is -3.65. The molecule has 0 bridgehead atoms. The van der Waals surface area contributed by atoms with Crippen LogP contribution in [-0.4, -0.2) is 41.1 Å². The number of fused-ring (bicyclic) bond motifs is 1. The van der Waals surface area contributed by atoms with E-state index < -0.39 is 10.0 Å². The third-order valence-electron chi connectivity index (χ3n) is 5.89. The topological polar surface area (TPSA) is 84.9 Å². The Hall–Kier alpha value is -2.58. The third kappa shape index (κ3) is 4.41. The molecule has 1 aliphatic heterocycles. The number of nitrogens with zero attached hydrogens (tertiary/aromatic N) is 1. The molecule has 0 aromatic heterocycles. The van der Waals surface area contributed by atoms with Crippen molar-refractivity contribution in [2.24, 2.45) is 5.92 Å². The average molecular weight is 445 g/mol. The number of rotatable bonds is 8. The van der Waals surface area contributed by atoms with Gasteiger partial charge in [-0.3, -0.25) is 4.79 Å². The zero-order chi connectivity index (χ0) is 22.2. The Balaban J connectivity index is 1.44. The molecule has 2 aliphatic rings. The number of nitrogens with one attached hydrogen (secondary N) is 1. The molecule has 1 heterocycles. The second kappa shape index (κ2) is 8.51. The van der Waals surface area contributed by atoms with Gasteiger partial charge in [-0.15, -0.1) is 0 Å². The molecule has 1 saturated carbocycles. The first kappa shape index (κ1) is 21.6. The highest BCUT2D eigenvalue weighted by Gasteiger charge is 2.39. The fourth-order valence-corrected chi connectivity index (χ4v) is 5.17. The van der Waals surface area contributed by atoms with Gasteiger partial charge in [-0.2, -0.15) is 0 Å². The normalized spacial score (nSPS) is 18.0. The van der Waals surface area contributed by atoms with Crippen LogP contribution >= 0.6 is 0 Å². The van der Waals surface area contributed by atoms with Gasteiger partial charge in [0.15, 0.2) is 11.5 Å². The number of ether oxygens (including phenoxy) is 2. The van der Waals surface area contributed by atoms with Crippen LogP contribution in [0.3, 0.4) is 0 Å². The van der Waals surface area contributed by atoms with Crippen LogP contribution < -0.4 is 19.1 Å². The molecule has 31 heavy (non-hydrogen) atoms. The summed E-state index contributed by atoms with van der Waals surface area (Å²) in [5.74, 6) is 1.54. The largest absolute Gasteiger partial charge is 0.493 e. The van der Waals surface area contributed by atoms with Gasteiger partial charge in [0.1, 0.15) is 0 Å². The van der Waals surface area contributed by atoms with E-state index in [1.165, 1.54) is 0 Å². The SMILES string of the molecule is COc1ccc(CCNS(=O)(=O)c2ccc3c(c2)CC(C)N3C(=O)C2CC2)cc1OC. The van der Waals surface area contributed by atoms with Gasteiger partial charge in [0, 0.05) is 24.2 Å². The van der Waals surface area contributed by atoms with E-state index in [2.05, 4.69) is 4.72 Å². The second-order valence-corrected chi connectivity index (χ2v) is 9.93. The van der Waals surface area contributed by atoms with Gasteiger partial charge < -0.3 is 14.4 Å². The smallest absolute Gasteiger partial charge is 0.240 e. The van der Waals surface area contributed by atoms with E-state index in [9.17, 15) is 13.2 Å². The molecule has 2 aromatic rings. The van der Waals surface area contributed by atoms with Gasteiger partial charge in [-0.25, -0.2) is 13.1 Å². The quantitative estimate of drug-likeness (QED) is 0.677. The maximum absolute atomic E-state index is 12.8. The molecular weight excluding hydrogens is 416 g/mol. The van der Waals surface area contributed by atoms with Gasteiger partial charge in [-0.1, -0.05) is 6.07 Å². The van der Waals surface area contributed by atoms with Crippen LogP contribution in [0, 0.1) is 5.92 Å². The summed E-state index contributed by atoms with van der Waals surface area (Å²) in [6.07, 6.45) is 3.09. The molecule has 0 radical (unpaired) electrons. The molecule has 1 unspecified atom stereocenters. The summed E-state index contributed by atoms with van der Waals surface area (Å²) in [4.78, 5) is 14.7. The molecule has 4 rings (SSSR count). The number of benzene rings is 2. The average Bonchev–Trinajstić information content (AvgIpc) is 3.55. The number of hydrogen-bond acceptors (Lipinski definition) is 5. The molecule has 1 amide bonds. The molecule has 2 aromatic carbocycles. The number of carbonyl (C=O) groups excluding carboxylic acids is 1. The Morgan fingerprint density at radius 2 is 1.84 bits per heavy atom. The fraction of sp³-hybridized carbons (Fsp3) is 0.435. The number of hydrogen-bond donors (Lipinski definition) is 1. The van der Waals surface area contributed by atoms with Crippen molar-refractivity contribution in [3.05, 3.63) is 47.5 Å². The van der Waals surface area contributed by atoms with Crippen LogP contribution in [0.1, 0.15) is 30.9 Å². The maximum atomic E-state index is 12.8. The predicted octanol–water partition coefficient (Wildman–Crippen LogP) is 2.91. The first-order valence-corrected chi connectivity index (χ1v) is 12.0. The number of anilines is 1. The van der Waals surface area contributed by atoms with E-state index in [1.54, 1.807) is 38.5 Å². The van der Waals surface area contributed by atoms with Gasteiger partial charge in [-0.05, 0) is 74.1 Å². The highest BCUT2D eigenvalue weighted by atomic mass is 32.2. The highest BCUT2D eigenvalue weighted by Crippen LogP contribution is 2.39. The van der Waals surface area contributed by atoms with Crippen LogP contribution in [0.5, 0.6) is 11.5 Å². The second-order valence-electron chi connectivity index (χ2n) is 8.16. The molecule has 1 fully saturated rings. The van der Waals surface area contributed by atoms with E-state index in [4.69, 9.17) is 9.47 Å². The fourth-order valence-electron chi connectivity index (χ4n) is 4.09. The van der Waals surface area contributed by atoms with Crippen molar-refractivity contribution in [3.8, 4) is 11.5 Å². The van der Waals surface area contributed by atoms with Gasteiger partial charge in [0.2, 0.25) is 15.9 Å². The highest BCUT2D eigenvalue weighted by molar-refractivity contribution is 7.89. The van der Waals surface area contributed by atoms with Crippen molar-refractivity contribution in [2.45, 2.75) is 43.5 Å². The summed E-state index contributed by atoms with van der Waals surface area (Å²) in [6.45, 7) is 2.27. The zero-order valence-corrected chi connectivity index (χ0v) is 18.9. The molecule has 8 heteroatoms. The Bertz CT molecular complexity index is 1100. The Morgan fingerprint density at radius 3 is 2.52 bits per heavy atom. The molecule has 166 valence electrons. The Kier molecular flexibility index (Phi) is 5.94. The monoisotopic (exact) mass is 444 g/mol. The number of methoxy groups -OCH3 is 2. The Morgan fingerprint density at radius 1 is 1.10 bits per heavy atom. The maximum Gasteiger partial charge on any atom is 0.240 e. The summed E-state index contributed by atoms with van der Waals surface area (Å²) < 4.78 is 38.8. The van der Waals surface area contributed by atoms with Crippen molar-refractivity contribution in [1.82, 2.24) is 4.72 Å². The van der Waals surface area contributed by atoms with Gasteiger partial charge in [0.25, 0.3) is 0 Å². The van der Waals surface area contributed by atoms with E-state index in [0.717, 1.165) is 29.7 Å². The first-order valence-electron chi connectivity index (χ1n) is 10.5. The summed E-state index contributed by atoms with van der Waals surface area (Å²) in [5.41, 5.74) is 2.69. The van der Waals surface area contributed by atoms with Crippen LogP contribution in [0.2, 0.25) is 0 Å². The number of sulfonamides is 1. The lowest BCUT2D eigenvalue weighted by molar-refractivity contribution is -0.120. The van der Waals surface area contributed by atoms with E-state index in [1.807, 2.05) is 24.0 Å².